The van der Waals surface area contributed by atoms with Crippen LogP contribution in [0.5, 0.6) is 0 Å². The average molecular weight is 227 g/mol. The van der Waals surface area contributed by atoms with Gasteiger partial charge in [-0.3, -0.25) is 4.98 Å². The van der Waals surface area contributed by atoms with E-state index < -0.39 is 6.10 Å². The molecule has 2 nitrogen and oxygen atoms in total. The Bertz CT molecular complexity index is 491. The van der Waals surface area contributed by atoms with Gasteiger partial charge in [-0.2, -0.15) is 0 Å². The van der Waals surface area contributed by atoms with E-state index in [1.54, 1.807) is 6.20 Å². The maximum atomic E-state index is 10.1. The molecule has 2 rings (SSSR count). The molecule has 0 aliphatic carbocycles. The molecule has 1 atom stereocenters. The summed E-state index contributed by atoms with van der Waals surface area (Å²) in [6.07, 6.45) is 1.92. The Balaban J connectivity index is 2.11. The monoisotopic (exact) mass is 227 g/mol. The molecular weight excluding hydrogens is 210 g/mol. The second-order valence-electron chi connectivity index (χ2n) is 4.44. The molecule has 0 saturated carbocycles. The van der Waals surface area contributed by atoms with Crippen LogP contribution in [0.15, 0.2) is 42.6 Å². The number of aryl methyl sites for hydroxylation is 2. The van der Waals surface area contributed by atoms with Gasteiger partial charge in [0.05, 0.1) is 6.10 Å². The first-order valence-electron chi connectivity index (χ1n) is 5.81. The van der Waals surface area contributed by atoms with Gasteiger partial charge in [-0.1, -0.05) is 29.8 Å². The van der Waals surface area contributed by atoms with Crippen molar-refractivity contribution in [1.29, 1.82) is 0 Å². The quantitative estimate of drug-likeness (QED) is 0.874. The molecule has 0 fully saturated rings. The number of hydrogen-bond acceptors (Lipinski definition) is 2. The lowest BCUT2D eigenvalue weighted by molar-refractivity contribution is 0.178. The molecule has 17 heavy (non-hydrogen) atoms. The number of hydrogen-bond donors (Lipinski definition) is 1. The van der Waals surface area contributed by atoms with Crippen LogP contribution in [0.3, 0.4) is 0 Å². The van der Waals surface area contributed by atoms with Crippen LogP contribution in [0.4, 0.5) is 0 Å². The lowest BCUT2D eigenvalue weighted by atomic mass is 10.0. The van der Waals surface area contributed by atoms with Gasteiger partial charge in [-0.05, 0) is 37.1 Å². The van der Waals surface area contributed by atoms with Crippen molar-refractivity contribution in [1.82, 2.24) is 4.98 Å². The zero-order chi connectivity index (χ0) is 12.3. The van der Waals surface area contributed by atoms with Crippen LogP contribution >= 0.6 is 0 Å². The van der Waals surface area contributed by atoms with Gasteiger partial charge in [0.1, 0.15) is 0 Å². The number of nitrogens with zero attached hydrogens (tertiary/aromatic N) is 1. The van der Waals surface area contributed by atoms with Crippen LogP contribution < -0.4 is 0 Å². The molecule has 0 bridgehead atoms. The second-order valence-corrected chi connectivity index (χ2v) is 4.44. The van der Waals surface area contributed by atoms with Gasteiger partial charge < -0.3 is 5.11 Å². The summed E-state index contributed by atoms with van der Waals surface area (Å²) in [4.78, 5) is 4.13. The van der Waals surface area contributed by atoms with Gasteiger partial charge in [0.25, 0.3) is 0 Å². The maximum absolute atomic E-state index is 10.1. The summed E-state index contributed by atoms with van der Waals surface area (Å²) in [5.74, 6) is 0. The number of pyridine rings is 1. The predicted molar refractivity (Wildman–Crippen MR) is 68.8 cm³/mol. The Hall–Kier alpha value is -1.67. The van der Waals surface area contributed by atoms with Gasteiger partial charge in [0, 0.05) is 18.3 Å². The minimum absolute atomic E-state index is 0.459. The minimum atomic E-state index is -0.459. The highest BCUT2D eigenvalue weighted by atomic mass is 16.3. The molecule has 88 valence electrons. The summed E-state index contributed by atoms with van der Waals surface area (Å²) in [7, 11) is 0. The fraction of sp³-hybridized carbons (Fsp3) is 0.267. The molecule has 2 heteroatoms. The molecule has 0 saturated heterocycles. The summed E-state index contributed by atoms with van der Waals surface area (Å²) < 4.78 is 0. The average Bonchev–Trinajstić information content (AvgIpc) is 2.32. The third-order valence-corrected chi connectivity index (χ3v) is 2.86. The molecule has 0 radical (unpaired) electrons. The Morgan fingerprint density at radius 2 is 1.82 bits per heavy atom. The van der Waals surface area contributed by atoms with Crippen LogP contribution in [0.1, 0.15) is 28.5 Å². The molecule has 1 aromatic carbocycles. The van der Waals surface area contributed by atoms with Crippen LogP contribution in [-0.2, 0) is 6.42 Å². The van der Waals surface area contributed by atoms with Crippen LogP contribution in [-0.4, -0.2) is 10.1 Å². The summed E-state index contributed by atoms with van der Waals surface area (Å²) in [6.45, 7) is 3.99. The van der Waals surface area contributed by atoms with E-state index in [-0.39, 0.29) is 0 Å². The fourth-order valence-electron chi connectivity index (χ4n) is 1.84. The third kappa shape index (κ3) is 3.14. The van der Waals surface area contributed by atoms with Crippen molar-refractivity contribution >= 4 is 0 Å². The van der Waals surface area contributed by atoms with Crippen molar-refractivity contribution in [3.63, 3.8) is 0 Å². The molecule has 2 aromatic rings. The smallest absolute Gasteiger partial charge is 0.0831 e. The molecule has 1 heterocycles. The zero-order valence-corrected chi connectivity index (χ0v) is 10.2. The summed E-state index contributed by atoms with van der Waals surface area (Å²) in [5, 5.41) is 10.1. The van der Waals surface area contributed by atoms with Crippen molar-refractivity contribution in [2.45, 2.75) is 26.4 Å². The highest BCUT2D eigenvalue weighted by molar-refractivity contribution is 5.25. The number of benzene rings is 1. The SMILES string of the molecule is Cc1ccc(CC(O)c2ccnc(C)c2)cc1. The summed E-state index contributed by atoms with van der Waals surface area (Å²) in [5.41, 5.74) is 4.25. The van der Waals surface area contributed by atoms with Gasteiger partial charge in [0.15, 0.2) is 0 Å². The largest absolute Gasteiger partial charge is 0.388 e. The third-order valence-electron chi connectivity index (χ3n) is 2.86. The van der Waals surface area contributed by atoms with E-state index in [0.717, 1.165) is 16.8 Å². The second kappa shape index (κ2) is 5.11. The number of aliphatic hydroxyl groups excluding tert-OH is 1. The Morgan fingerprint density at radius 1 is 1.12 bits per heavy atom. The van der Waals surface area contributed by atoms with Crippen molar-refractivity contribution in [2.24, 2.45) is 0 Å². The first kappa shape index (κ1) is 11.8. The van der Waals surface area contributed by atoms with E-state index in [1.807, 2.05) is 19.1 Å². The molecule has 0 aliphatic rings. The van der Waals surface area contributed by atoms with Crippen molar-refractivity contribution < 1.29 is 5.11 Å². The summed E-state index contributed by atoms with van der Waals surface area (Å²) in [6, 6.07) is 12.1. The lowest BCUT2D eigenvalue weighted by Crippen LogP contribution is -2.02. The topological polar surface area (TPSA) is 33.1 Å². The number of rotatable bonds is 3. The first-order chi connectivity index (χ1) is 8.15. The normalized spacial score (nSPS) is 12.4. The molecule has 1 unspecified atom stereocenters. The van der Waals surface area contributed by atoms with E-state index >= 15 is 0 Å². The predicted octanol–water partition coefficient (Wildman–Crippen LogP) is 2.97. The molecule has 1 N–H and O–H groups in total. The zero-order valence-electron chi connectivity index (χ0n) is 10.2. The number of aliphatic hydroxyl groups is 1. The fourth-order valence-corrected chi connectivity index (χ4v) is 1.84. The Kier molecular flexibility index (Phi) is 3.55. The first-order valence-corrected chi connectivity index (χ1v) is 5.81. The van der Waals surface area contributed by atoms with E-state index in [0.29, 0.717) is 6.42 Å². The molecular formula is C15H17NO. The van der Waals surface area contributed by atoms with Crippen molar-refractivity contribution in [3.05, 3.63) is 65.0 Å². The Morgan fingerprint density at radius 3 is 2.47 bits per heavy atom. The Labute approximate surface area is 102 Å². The molecule has 0 spiro atoms. The summed E-state index contributed by atoms with van der Waals surface area (Å²) >= 11 is 0. The number of aromatic nitrogens is 1. The van der Waals surface area contributed by atoms with Crippen LogP contribution in [0.2, 0.25) is 0 Å². The van der Waals surface area contributed by atoms with E-state index in [2.05, 4.69) is 36.2 Å². The van der Waals surface area contributed by atoms with E-state index in [1.165, 1.54) is 5.56 Å². The van der Waals surface area contributed by atoms with Crippen LogP contribution in [0.25, 0.3) is 0 Å². The van der Waals surface area contributed by atoms with Gasteiger partial charge in [0.2, 0.25) is 0 Å². The standard InChI is InChI=1S/C15H17NO/c1-11-3-5-13(6-4-11)10-15(17)14-7-8-16-12(2)9-14/h3-9,15,17H,10H2,1-2H3. The molecule has 1 aromatic heterocycles. The van der Waals surface area contributed by atoms with Crippen molar-refractivity contribution in [3.8, 4) is 0 Å². The van der Waals surface area contributed by atoms with Gasteiger partial charge in [-0.25, -0.2) is 0 Å². The molecule has 0 amide bonds. The minimum Gasteiger partial charge on any atom is -0.388 e. The highest BCUT2D eigenvalue weighted by Gasteiger charge is 2.08. The van der Waals surface area contributed by atoms with Crippen LogP contribution in [0, 0.1) is 13.8 Å². The lowest BCUT2D eigenvalue weighted by Gasteiger charge is -2.11. The van der Waals surface area contributed by atoms with E-state index in [4.69, 9.17) is 0 Å². The highest BCUT2D eigenvalue weighted by Crippen LogP contribution is 2.18. The maximum Gasteiger partial charge on any atom is 0.0831 e. The van der Waals surface area contributed by atoms with Crippen molar-refractivity contribution in [2.75, 3.05) is 0 Å². The van der Waals surface area contributed by atoms with Gasteiger partial charge in [-0.15, -0.1) is 0 Å². The van der Waals surface area contributed by atoms with Gasteiger partial charge >= 0.3 is 0 Å². The van der Waals surface area contributed by atoms with E-state index in [9.17, 15) is 5.11 Å². The molecule has 0 aliphatic heterocycles.